The van der Waals surface area contributed by atoms with Crippen molar-refractivity contribution >= 4 is 28.0 Å². The fourth-order valence-corrected chi connectivity index (χ4v) is 3.73. The fraction of sp³-hybridized carbons (Fsp3) is 0.167. The lowest BCUT2D eigenvalue weighted by Crippen LogP contribution is -2.18. The maximum absolute atomic E-state index is 13.9. The largest absolute Gasteiger partial charge is 0.433 e. The molecule has 38 heavy (non-hydrogen) atoms. The molecular weight excluding hydrogens is 518 g/mol. The van der Waals surface area contributed by atoms with Crippen molar-refractivity contribution in [1.29, 1.82) is 0 Å². The molecule has 3 heterocycles. The van der Waals surface area contributed by atoms with Crippen LogP contribution in [0.1, 0.15) is 16.2 Å². The van der Waals surface area contributed by atoms with E-state index in [4.69, 9.17) is 0 Å². The van der Waals surface area contributed by atoms with Crippen molar-refractivity contribution in [3.8, 4) is 11.3 Å². The van der Waals surface area contributed by atoms with E-state index >= 15 is 0 Å². The van der Waals surface area contributed by atoms with Crippen molar-refractivity contribution in [2.45, 2.75) is 19.1 Å². The smallest absolute Gasteiger partial charge is 0.350 e. The molecule has 5 aromatic rings. The number of rotatable bonds is 6. The number of ether oxygens (including phenoxy) is 1. The zero-order valence-corrected chi connectivity index (χ0v) is 19.1. The number of fused-ring (bicyclic) bond motifs is 2. The first kappa shape index (κ1) is 25.2. The Hall–Kier alpha value is -4.46. The van der Waals surface area contributed by atoms with Crippen molar-refractivity contribution in [3.63, 3.8) is 0 Å². The number of hydrogen-bond acceptors (Lipinski definition) is 5. The van der Waals surface area contributed by atoms with Gasteiger partial charge in [0.2, 0.25) is 0 Å². The van der Waals surface area contributed by atoms with Crippen LogP contribution in [0.5, 0.6) is 0 Å². The van der Waals surface area contributed by atoms with E-state index in [0.717, 1.165) is 33.8 Å². The Morgan fingerprint density at radius 1 is 0.974 bits per heavy atom. The van der Waals surface area contributed by atoms with Crippen LogP contribution in [0.2, 0.25) is 0 Å². The minimum atomic E-state index is -4.80. The van der Waals surface area contributed by atoms with Gasteiger partial charge in [-0.2, -0.15) is 36.5 Å². The maximum Gasteiger partial charge on any atom is 0.433 e. The molecule has 2 aromatic carbocycles. The first-order valence-electron chi connectivity index (χ1n) is 10.9. The summed E-state index contributed by atoms with van der Waals surface area (Å²) in [6.45, 7) is -2.01. The van der Waals surface area contributed by atoms with E-state index in [1.165, 1.54) is 6.20 Å². The zero-order valence-electron chi connectivity index (χ0n) is 19.1. The molecular formula is C24H16F6N6O2. The van der Waals surface area contributed by atoms with Crippen LogP contribution < -0.4 is 5.32 Å². The molecule has 1 N–H and O–H groups in total. The number of amides is 1. The predicted octanol–water partition coefficient (Wildman–Crippen LogP) is 5.55. The van der Waals surface area contributed by atoms with Gasteiger partial charge in [0, 0.05) is 11.6 Å². The van der Waals surface area contributed by atoms with Gasteiger partial charge in [0.1, 0.15) is 13.3 Å². The zero-order chi connectivity index (χ0) is 27.1. The van der Waals surface area contributed by atoms with Gasteiger partial charge in [0.25, 0.3) is 5.91 Å². The number of halogens is 6. The van der Waals surface area contributed by atoms with Gasteiger partial charge >= 0.3 is 12.4 Å². The molecule has 0 saturated heterocycles. The standard InChI is InChI=1S/C24H16F6N6O2/c25-23(26,27)12-38-13-35-11-17(10-31-35)32-22(37)19-9-21-33-18(8-20(24(28,29)30)36(21)34-19)16-6-5-14-3-1-2-4-15(14)7-16/h1-11H,12-13H2,(H,32,37). The monoisotopic (exact) mass is 534 g/mol. The van der Waals surface area contributed by atoms with Crippen LogP contribution in [0, 0.1) is 0 Å². The topological polar surface area (TPSA) is 86.3 Å². The van der Waals surface area contributed by atoms with Gasteiger partial charge in [-0.05, 0) is 22.9 Å². The molecule has 14 heteroatoms. The van der Waals surface area contributed by atoms with Gasteiger partial charge in [-0.1, -0.05) is 36.4 Å². The molecule has 0 aliphatic carbocycles. The van der Waals surface area contributed by atoms with Gasteiger partial charge in [0.05, 0.1) is 23.8 Å². The first-order valence-corrected chi connectivity index (χ1v) is 10.9. The number of carbonyl (C=O) groups is 1. The molecule has 0 unspecified atom stereocenters. The second-order valence-corrected chi connectivity index (χ2v) is 8.20. The highest BCUT2D eigenvalue weighted by atomic mass is 19.4. The normalized spacial score (nSPS) is 12.4. The number of aromatic nitrogens is 5. The van der Waals surface area contributed by atoms with E-state index in [9.17, 15) is 31.1 Å². The molecule has 0 radical (unpaired) electrons. The van der Waals surface area contributed by atoms with Crippen LogP contribution in [0.4, 0.5) is 32.0 Å². The highest BCUT2D eigenvalue weighted by Gasteiger charge is 2.36. The quantitative estimate of drug-likeness (QED) is 0.289. The van der Waals surface area contributed by atoms with Gasteiger partial charge in [0.15, 0.2) is 17.0 Å². The van der Waals surface area contributed by atoms with Gasteiger partial charge in [-0.3, -0.25) is 4.79 Å². The van der Waals surface area contributed by atoms with E-state index in [1.54, 1.807) is 18.2 Å². The lowest BCUT2D eigenvalue weighted by Gasteiger charge is -2.11. The lowest BCUT2D eigenvalue weighted by molar-refractivity contribution is -0.182. The SMILES string of the molecule is O=C(Nc1cnn(COCC(F)(F)F)c1)c1cc2nc(-c3ccc4ccccc4c3)cc(C(F)(F)F)n2n1. The van der Waals surface area contributed by atoms with Crippen molar-refractivity contribution in [2.24, 2.45) is 0 Å². The fourth-order valence-electron chi connectivity index (χ4n) is 3.73. The third-order valence-electron chi connectivity index (χ3n) is 5.38. The highest BCUT2D eigenvalue weighted by molar-refractivity contribution is 6.03. The summed E-state index contributed by atoms with van der Waals surface area (Å²) in [6.07, 6.45) is -6.97. The average Bonchev–Trinajstić information content (AvgIpc) is 3.48. The van der Waals surface area contributed by atoms with Crippen molar-refractivity contribution in [2.75, 3.05) is 11.9 Å². The number of nitrogens with zero attached hydrogens (tertiary/aromatic N) is 5. The van der Waals surface area contributed by atoms with Crippen LogP contribution in [0.15, 0.2) is 67.0 Å². The molecule has 8 nitrogen and oxygen atoms in total. The Balaban J connectivity index is 1.42. The van der Waals surface area contributed by atoms with E-state index in [1.807, 2.05) is 24.3 Å². The maximum atomic E-state index is 13.9. The molecule has 0 saturated carbocycles. The summed E-state index contributed by atoms with van der Waals surface area (Å²) in [5, 5.41) is 11.7. The third kappa shape index (κ3) is 5.44. The minimum Gasteiger partial charge on any atom is -0.350 e. The van der Waals surface area contributed by atoms with E-state index < -0.39 is 37.3 Å². The second kappa shape index (κ2) is 9.45. The number of nitrogens with one attached hydrogen (secondary N) is 1. The van der Waals surface area contributed by atoms with Crippen molar-refractivity contribution in [1.82, 2.24) is 24.4 Å². The number of hydrogen-bond donors (Lipinski definition) is 1. The Morgan fingerprint density at radius 2 is 1.74 bits per heavy atom. The van der Waals surface area contributed by atoms with Crippen molar-refractivity contribution < 1.29 is 35.9 Å². The molecule has 0 atom stereocenters. The molecule has 0 fully saturated rings. The van der Waals surface area contributed by atoms with Crippen molar-refractivity contribution in [3.05, 3.63) is 78.4 Å². The third-order valence-corrected chi connectivity index (χ3v) is 5.38. The van der Waals surface area contributed by atoms with E-state index in [-0.39, 0.29) is 22.7 Å². The van der Waals surface area contributed by atoms with Gasteiger partial charge in [-0.25, -0.2) is 14.2 Å². The summed E-state index contributed by atoms with van der Waals surface area (Å²) in [4.78, 5) is 17.0. The molecule has 3 aromatic heterocycles. The summed E-state index contributed by atoms with van der Waals surface area (Å²) in [6, 6.07) is 14.5. The van der Waals surface area contributed by atoms with Crippen LogP contribution in [-0.2, 0) is 17.6 Å². The van der Waals surface area contributed by atoms with E-state index in [2.05, 4.69) is 25.2 Å². The summed E-state index contributed by atoms with van der Waals surface area (Å²) in [5.74, 6) is -0.869. The Morgan fingerprint density at radius 3 is 2.47 bits per heavy atom. The van der Waals surface area contributed by atoms with Gasteiger partial charge in [-0.15, -0.1) is 0 Å². The summed E-state index contributed by atoms with van der Waals surface area (Å²) in [5.41, 5.74) is -1.13. The summed E-state index contributed by atoms with van der Waals surface area (Å²) >= 11 is 0. The molecule has 1 amide bonds. The Kier molecular flexibility index (Phi) is 6.26. The molecule has 0 aliphatic rings. The van der Waals surface area contributed by atoms with Crippen LogP contribution in [0.25, 0.3) is 27.7 Å². The summed E-state index contributed by atoms with van der Waals surface area (Å²) < 4.78 is 84.4. The number of carbonyl (C=O) groups excluding carboxylic acids is 1. The first-order chi connectivity index (χ1) is 18.0. The minimum absolute atomic E-state index is 0.0440. The molecule has 0 bridgehead atoms. The Labute approximate surface area is 209 Å². The predicted molar refractivity (Wildman–Crippen MR) is 123 cm³/mol. The molecule has 0 aliphatic heterocycles. The Bertz CT molecular complexity index is 1640. The van der Waals surface area contributed by atoms with Crippen LogP contribution in [-0.4, -0.2) is 43.1 Å². The van der Waals surface area contributed by atoms with E-state index in [0.29, 0.717) is 10.1 Å². The van der Waals surface area contributed by atoms with Crippen LogP contribution >= 0.6 is 0 Å². The number of alkyl halides is 6. The highest BCUT2D eigenvalue weighted by Crippen LogP contribution is 2.33. The molecule has 0 spiro atoms. The molecule has 196 valence electrons. The molecule has 5 rings (SSSR count). The number of benzene rings is 2. The van der Waals surface area contributed by atoms with Gasteiger partial charge < -0.3 is 10.1 Å². The number of anilines is 1. The summed E-state index contributed by atoms with van der Waals surface area (Å²) in [7, 11) is 0. The average molecular weight is 534 g/mol. The van der Waals surface area contributed by atoms with Crippen LogP contribution in [0.3, 0.4) is 0 Å². The second-order valence-electron chi connectivity index (χ2n) is 8.20. The lowest BCUT2D eigenvalue weighted by atomic mass is 10.0.